The number of hydrogen-bond donors (Lipinski definition) is 3. The number of nitrogens with two attached hydrogens (primary N) is 1. The molecule has 0 heterocycles. The molecule has 0 aliphatic heterocycles. The number of carbonyl (C=O) groups excluding carboxylic acids is 3. The second-order valence-corrected chi connectivity index (χ2v) is 6.46. The van der Waals surface area contributed by atoms with Gasteiger partial charge in [0.05, 0.1) is 35.7 Å². The monoisotopic (exact) mass is 502 g/mol. The Morgan fingerprint density at radius 2 is 1.74 bits per heavy atom. The molecular weight excluding hydrogens is 475 g/mol. The van der Waals surface area contributed by atoms with E-state index in [4.69, 9.17) is 24.7 Å². The van der Waals surface area contributed by atoms with Gasteiger partial charge < -0.3 is 35.1 Å². The summed E-state index contributed by atoms with van der Waals surface area (Å²) in [6, 6.07) is 0. The van der Waals surface area contributed by atoms with E-state index in [0.29, 0.717) is 16.7 Å². The highest BCUT2D eigenvalue weighted by Crippen LogP contribution is 2.24. The number of rotatable bonds is 13. The van der Waals surface area contributed by atoms with Gasteiger partial charge in [0.2, 0.25) is 5.91 Å². The van der Waals surface area contributed by atoms with Gasteiger partial charge in [-0.3, -0.25) is 14.4 Å². The molecule has 27 heavy (non-hydrogen) atoms. The van der Waals surface area contributed by atoms with Crippen molar-refractivity contribution < 1.29 is 38.4 Å². The highest BCUT2D eigenvalue weighted by Gasteiger charge is 2.25. The number of hydrogen-bond acceptors (Lipinski definition) is 9. The summed E-state index contributed by atoms with van der Waals surface area (Å²) >= 11 is 1.84. The molecule has 0 aromatic rings. The van der Waals surface area contributed by atoms with Gasteiger partial charge in [-0.05, 0) is 22.6 Å². The van der Waals surface area contributed by atoms with Crippen LogP contribution in [0.2, 0.25) is 0 Å². The Morgan fingerprint density at radius 1 is 1.07 bits per heavy atom. The Morgan fingerprint density at radius 3 is 2.26 bits per heavy atom. The van der Waals surface area contributed by atoms with Crippen LogP contribution in [-0.2, 0) is 33.3 Å². The van der Waals surface area contributed by atoms with Gasteiger partial charge in [-0.1, -0.05) is 0 Å². The van der Waals surface area contributed by atoms with E-state index in [0.717, 1.165) is 0 Å². The van der Waals surface area contributed by atoms with Crippen molar-refractivity contribution in [1.29, 1.82) is 0 Å². The number of aliphatic hydroxyl groups is 1. The van der Waals surface area contributed by atoms with Gasteiger partial charge >= 0.3 is 11.9 Å². The van der Waals surface area contributed by atoms with E-state index in [-0.39, 0.29) is 31.9 Å². The van der Waals surface area contributed by atoms with Crippen LogP contribution in [0.3, 0.4) is 0 Å². The van der Waals surface area contributed by atoms with Crippen molar-refractivity contribution >= 4 is 40.4 Å². The highest BCUT2D eigenvalue weighted by molar-refractivity contribution is 14.1. The second kappa shape index (κ2) is 14.7. The van der Waals surface area contributed by atoms with E-state index in [1.807, 2.05) is 22.6 Å². The zero-order chi connectivity index (χ0) is 20.8. The molecular formula is C16H27IN2O8. The largest absolute Gasteiger partial charge is 0.466 e. The van der Waals surface area contributed by atoms with E-state index in [1.54, 1.807) is 0 Å². The molecule has 0 spiro atoms. The summed E-state index contributed by atoms with van der Waals surface area (Å²) in [6.45, 7) is 4.73. The molecule has 0 saturated heterocycles. The van der Waals surface area contributed by atoms with Crippen LogP contribution in [0.1, 0.15) is 27.2 Å². The van der Waals surface area contributed by atoms with Crippen molar-refractivity contribution in [2.75, 3.05) is 33.0 Å². The highest BCUT2D eigenvalue weighted by atomic mass is 127. The van der Waals surface area contributed by atoms with Crippen molar-refractivity contribution in [3.8, 4) is 0 Å². The van der Waals surface area contributed by atoms with Crippen LogP contribution in [0.25, 0.3) is 0 Å². The molecule has 0 aliphatic rings. The van der Waals surface area contributed by atoms with E-state index in [9.17, 15) is 19.5 Å². The van der Waals surface area contributed by atoms with Gasteiger partial charge in [0.15, 0.2) is 6.29 Å². The third-order valence-corrected chi connectivity index (χ3v) is 4.13. The molecule has 10 nitrogen and oxygen atoms in total. The molecule has 0 aliphatic carbocycles. The summed E-state index contributed by atoms with van der Waals surface area (Å²) in [4.78, 5) is 33.8. The minimum Gasteiger partial charge on any atom is -0.466 e. The average molecular weight is 502 g/mol. The van der Waals surface area contributed by atoms with Crippen molar-refractivity contribution in [2.45, 2.75) is 39.6 Å². The number of esters is 2. The van der Waals surface area contributed by atoms with Gasteiger partial charge in [0.25, 0.3) is 0 Å². The van der Waals surface area contributed by atoms with Gasteiger partial charge in [0.1, 0.15) is 6.10 Å². The molecule has 1 amide bonds. The van der Waals surface area contributed by atoms with Gasteiger partial charge in [0, 0.05) is 33.7 Å². The topological polar surface area (TPSA) is 146 Å². The van der Waals surface area contributed by atoms with Crippen molar-refractivity contribution in [2.24, 2.45) is 5.73 Å². The lowest BCUT2D eigenvalue weighted by molar-refractivity contribution is -0.146. The number of amides is 1. The summed E-state index contributed by atoms with van der Waals surface area (Å²) in [6.07, 6.45) is -2.17. The summed E-state index contributed by atoms with van der Waals surface area (Å²) < 4.78 is 20.8. The fourth-order valence-corrected chi connectivity index (χ4v) is 2.68. The van der Waals surface area contributed by atoms with E-state index < -0.39 is 30.2 Å². The zero-order valence-electron chi connectivity index (χ0n) is 15.7. The quantitative estimate of drug-likeness (QED) is 0.137. The van der Waals surface area contributed by atoms with Crippen LogP contribution in [0.4, 0.5) is 0 Å². The Balaban J connectivity index is 5.23. The third-order valence-electron chi connectivity index (χ3n) is 2.86. The maximum absolute atomic E-state index is 11.5. The van der Waals surface area contributed by atoms with Crippen molar-refractivity contribution in [3.05, 3.63) is 9.28 Å². The van der Waals surface area contributed by atoms with Gasteiger partial charge in [-0.25, -0.2) is 0 Å². The predicted molar refractivity (Wildman–Crippen MR) is 103 cm³/mol. The van der Waals surface area contributed by atoms with Crippen LogP contribution in [0.15, 0.2) is 9.28 Å². The fraction of sp³-hybridized carbons (Fsp3) is 0.688. The summed E-state index contributed by atoms with van der Waals surface area (Å²) in [5.41, 5.74) is 5.34. The molecule has 0 fully saturated rings. The van der Waals surface area contributed by atoms with Gasteiger partial charge in [-0.15, -0.1) is 0 Å². The molecule has 0 aromatic carbocycles. The molecule has 0 bridgehead atoms. The molecule has 156 valence electrons. The second-order valence-electron chi connectivity index (χ2n) is 5.29. The SMILES string of the molecule is CC(=O)N/C(=C(\I)C(CCOC(C)=O)OC(C)=O)C(O)OCCOCCN. The number of halogens is 1. The van der Waals surface area contributed by atoms with Gasteiger partial charge in [-0.2, -0.15) is 0 Å². The molecule has 2 atom stereocenters. The maximum atomic E-state index is 11.5. The molecule has 0 radical (unpaired) electrons. The third kappa shape index (κ3) is 12.7. The molecule has 2 unspecified atom stereocenters. The first-order valence-electron chi connectivity index (χ1n) is 8.24. The molecule has 0 rings (SSSR count). The van der Waals surface area contributed by atoms with Crippen LogP contribution in [-0.4, -0.2) is 68.3 Å². The average Bonchev–Trinajstić information content (AvgIpc) is 2.57. The number of carbonyl (C=O) groups is 3. The van der Waals surface area contributed by atoms with E-state index in [1.165, 1.54) is 20.8 Å². The molecule has 11 heteroatoms. The first-order chi connectivity index (χ1) is 12.7. The normalized spacial score (nSPS) is 14.0. The Bertz CT molecular complexity index is 527. The Kier molecular flexibility index (Phi) is 14.0. The standard InChI is InChI=1S/C16H27IN2O8/c1-10(20)19-15(16(23)26-9-8-24-7-5-18)14(17)13(27-12(3)22)4-6-25-11(2)21/h13,16,23H,4-9,18H2,1-3H3,(H,19,20)/b15-14-. The minimum atomic E-state index is -1.48. The van der Waals surface area contributed by atoms with Crippen molar-refractivity contribution in [1.82, 2.24) is 5.32 Å². The minimum absolute atomic E-state index is 0.00296. The maximum Gasteiger partial charge on any atom is 0.303 e. The Labute approximate surface area is 171 Å². The number of aliphatic hydroxyl groups excluding tert-OH is 1. The lowest BCUT2D eigenvalue weighted by atomic mass is 10.2. The summed E-state index contributed by atoms with van der Waals surface area (Å²) in [5.74, 6) is -1.48. The van der Waals surface area contributed by atoms with Crippen LogP contribution >= 0.6 is 22.6 Å². The van der Waals surface area contributed by atoms with Crippen LogP contribution < -0.4 is 11.1 Å². The van der Waals surface area contributed by atoms with E-state index in [2.05, 4.69) is 5.32 Å². The Hall–Kier alpha value is -1.28. The lowest BCUT2D eigenvalue weighted by Gasteiger charge is -2.23. The fourth-order valence-electron chi connectivity index (χ4n) is 1.84. The summed E-state index contributed by atoms with van der Waals surface area (Å²) in [7, 11) is 0. The first-order valence-corrected chi connectivity index (χ1v) is 9.32. The van der Waals surface area contributed by atoms with Crippen LogP contribution in [0, 0.1) is 0 Å². The summed E-state index contributed by atoms with van der Waals surface area (Å²) in [5, 5.41) is 12.8. The molecule has 0 aromatic heterocycles. The molecule has 0 saturated carbocycles. The van der Waals surface area contributed by atoms with Crippen molar-refractivity contribution in [3.63, 3.8) is 0 Å². The zero-order valence-corrected chi connectivity index (χ0v) is 17.8. The lowest BCUT2D eigenvalue weighted by Crippen LogP contribution is -2.34. The molecule has 4 N–H and O–H groups in total. The predicted octanol–water partition coefficient (Wildman–Crippen LogP) is -0.0357. The first kappa shape index (κ1) is 25.7. The number of nitrogens with one attached hydrogen (secondary N) is 1. The smallest absolute Gasteiger partial charge is 0.303 e. The van der Waals surface area contributed by atoms with Crippen LogP contribution in [0.5, 0.6) is 0 Å². The van der Waals surface area contributed by atoms with E-state index >= 15 is 0 Å². The number of ether oxygens (including phenoxy) is 4.